The zero-order chi connectivity index (χ0) is 19.1. The molecule has 144 valence electrons. The lowest BCUT2D eigenvalue weighted by Gasteiger charge is -2.35. The second kappa shape index (κ2) is 9.43. The maximum atomic E-state index is 12.5. The normalized spacial score (nSPS) is 17.5. The number of nitrogens with one attached hydrogen (secondary N) is 1. The number of ether oxygens (including phenoxy) is 2. The Morgan fingerprint density at radius 2 is 1.92 bits per heavy atom. The van der Waals surface area contributed by atoms with Gasteiger partial charge in [0.2, 0.25) is 11.8 Å². The Morgan fingerprint density at radius 1 is 1.23 bits per heavy atom. The van der Waals surface area contributed by atoms with Gasteiger partial charge in [-0.2, -0.15) is 0 Å². The molecule has 1 fully saturated rings. The van der Waals surface area contributed by atoms with Crippen molar-refractivity contribution in [2.24, 2.45) is 0 Å². The van der Waals surface area contributed by atoms with E-state index in [4.69, 9.17) is 9.47 Å². The first kappa shape index (κ1) is 20.0. The molecule has 7 nitrogen and oxygen atoms in total. The summed E-state index contributed by atoms with van der Waals surface area (Å²) in [4.78, 5) is 28.7. The number of carbonyl (C=O) groups excluding carboxylic acids is 2. The number of hydrogen-bond donors (Lipinski definition) is 1. The van der Waals surface area contributed by atoms with Crippen molar-refractivity contribution in [2.75, 3.05) is 40.4 Å². The maximum Gasteiger partial charge on any atom is 0.237 e. The molecule has 0 aliphatic carbocycles. The van der Waals surface area contributed by atoms with Crippen LogP contribution in [0, 0.1) is 0 Å². The van der Waals surface area contributed by atoms with Crippen LogP contribution in [0.25, 0.3) is 0 Å². The van der Waals surface area contributed by atoms with Crippen LogP contribution in [0.3, 0.4) is 0 Å². The van der Waals surface area contributed by atoms with E-state index in [1.165, 1.54) is 0 Å². The van der Waals surface area contributed by atoms with Crippen LogP contribution in [-0.4, -0.2) is 68.1 Å². The molecule has 1 heterocycles. The van der Waals surface area contributed by atoms with E-state index in [0.29, 0.717) is 44.2 Å². The molecule has 26 heavy (non-hydrogen) atoms. The van der Waals surface area contributed by atoms with Crippen LogP contribution in [0.1, 0.15) is 25.8 Å². The second-order valence-corrected chi connectivity index (χ2v) is 6.24. The molecule has 1 N–H and O–H groups in total. The first-order chi connectivity index (χ1) is 12.5. The minimum atomic E-state index is -0.454. The van der Waals surface area contributed by atoms with Gasteiger partial charge in [-0.25, -0.2) is 0 Å². The predicted molar refractivity (Wildman–Crippen MR) is 99.3 cm³/mol. The van der Waals surface area contributed by atoms with Gasteiger partial charge < -0.3 is 19.7 Å². The van der Waals surface area contributed by atoms with Crippen molar-refractivity contribution in [3.05, 3.63) is 23.8 Å². The van der Waals surface area contributed by atoms with Gasteiger partial charge in [-0.1, -0.05) is 6.07 Å². The molecule has 0 radical (unpaired) electrons. The number of rotatable bonds is 8. The Morgan fingerprint density at radius 3 is 2.54 bits per heavy atom. The van der Waals surface area contributed by atoms with Crippen molar-refractivity contribution in [2.45, 2.75) is 32.9 Å². The molecule has 1 atom stereocenters. The van der Waals surface area contributed by atoms with Gasteiger partial charge in [0.15, 0.2) is 11.5 Å². The number of carbonyl (C=O) groups is 2. The van der Waals surface area contributed by atoms with Gasteiger partial charge >= 0.3 is 0 Å². The van der Waals surface area contributed by atoms with Gasteiger partial charge in [0.1, 0.15) is 0 Å². The van der Waals surface area contributed by atoms with Gasteiger partial charge in [-0.15, -0.1) is 0 Å². The number of benzene rings is 1. The van der Waals surface area contributed by atoms with Crippen LogP contribution in [0.5, 0.6) is 11.5 Å². The SMILES string of the molecule is CCN(CC)C(=O)C[C@@H]1C(=O)NCCN1Cc1ccc(OC)c(OC)c1. The summed E-state index contributed by atoms with van der Waals surface area (Å²) in [5.74, 6) is 1.25. The lowest BCUT2D eigenvalue weighted by Crippen LogP contribution is -2.56. The second-order valence-electron chi connectivity index (χ2n) is 6.24. The lowest BCUT2D eigenvalue weighted by atomic mass is 10.1. The molecule has 2 amide bonds. The van der Waals surface area contributed by atoms with Crippen LogP contribution in [0.2, 0.25) is 0 Å². The largest absolute Gasteiger partial charge is 0.493 e. The molecule has 1 saturated heterocycles. The zero-order valence-electron chi connectivity index (χ0n) is 16.1. The van der Waals surface area contributed by atoms with Gasteiger partial charge in [-0.05, 0) is 31.5 Å². The van der Waals surface area contributed by atoms with E-state index in [1.54, 1.807) is 19.1 Å². The predicted octanol–water partition coefficient (Wildman–Crippen LogP) is 1.26. The van der Waals surface area contributed by atoms with Crippen LogP contribution >= 0.6 is 0 Å². The van der Waals surface area contributed by atoms with Gasteiger partial charge in [0.05, 0.1) is 26.7 Å². The van der Waals surface area contributed by atoms with E-state index in [2.05, 4.69) is 10.2 Å². The number of piperazine rings is 1. The molecule has 2 rings (SSSR count). The van der Waals surface area contributed by atoms with E-state index in [1.807, 2.05) is 32.0 Å². The van der Waals surface area contributed by atoms with Crippen LogP contribution in [0.15, 0.2) is 18.2 Å². The molecule has 0 unspecified atom stereocenters. The average Bonchev–Trinajstić information content (AvgIpc) is 2.65. The van der Waals surface area contributed by atoms with Gasteiger partial charge in [0, 0.05) is 32.7 Å². The highest BCUT2D eigenvalue weighted by molar-refractivity contribution is 5.88. The summed E-state index contributed by atoms with van der Waals surface area (Å²) < 4.78 is 10.6. The van der Waals surface area contributed by atoms with Gasteiger partial charge in [-0.3, -0.25) is 14.5 Å². The fourth-order valence-corrected chi connectivity index (χ4v) is 3.26. The molecule has 1 aromatic carbocycles. The molecule has 0 aromatic heterocycles. The molecule has 1 aliphatic rings. The highest BCUT2D eigenvalue weighted by Gasteiger charge is 2.32. The summed E-state index contributed by atoms with van der Waals surface area (Å²) in [7, 11) is 3.20. The Balaban J connectivity index is 2.14. The van der Waals surface area contributed by atoms with Crippen molar-refractivity contribution >= 4 is 11.8 Å². The number of amides is 2. The Hall–Kier alpha value is -2.28. The van der Waals surface area contributed by atoms with E-state index < -0.39 is 6.04 Å². The molecule has 0 saturated carbocycles. The summed E-state index contributed by atoms with van der Waals surface area (Å²) >= 11 is 0. The summed E-state index contributed by atoms with van der Waals surface area (Å²) in [6.45, 7) is 7.06. The molecule has 1 aromatic rings. The van der Waals surface area contributed by atoms with E-state index in [9.17, 15) is 9.59 Å². The highest BCUT2D eigenvalue weighted by atomic mass is 16.5. The smallest absolute Gasteiger partial charge is 0.237 e. The summed E-state index contributed by atoms with van der Waals surface area (Å²) in [5, 5.41) is 2.87. The third-order valence-corrected chi connectivity index (χ3v) is 4.76. The first-order valence-corrected chi connectivity index (χ1v) is 9.04. The van der Waals surface area contributed by atoms with E-state index in [-0.39, 0.29) is 18.2 Å². The maximum absolute atomic E-state index is 12.5. The van der Waals surface area contributed by atoms with Crippen molar-refractivity contribution in [3.8, 4) is 11.5 Å². The third-order valence-electron chi connectivity index (χ3n) is 4.76. The number of hydrogen-bond acceptors (Lipinski definition) is 5. The summed E-state index contributed by atoms with van der Waals surface area (Å²) in [5.41, 5.74) is 1.01. The molecule has 0 spiro atoms. The fourth-order valence-electron chi connectivity index (χ4n) is 3.26. The first-order valence-electron chi connectivity index (χ1n) is 9.04. The fraction of sp³-hybridized carbons (Fsp3) is 0.579. The van der Waals surface area contributed by atoms with Crippen LogP contribution in [-0.2, 0) is 16.1 Å². The number of nitrogens with zero attached hydrogens (tertiary/aromatic N) is 2. The monoisotopic (exact) mass is 363 g/mol. The quantitative estimate of drug-likeness (QED) is 0.753. The van der Waals surface area contributed by atoms with Crippen molar-refractivity contribution in [3.63, 3.8) is 0 Å². The average molecular weight is 363 g/mol. The van der Waals surface area contributed by atoms with Crippen LogP contribution < -0.4 is 14.8 Å². The standard InChI is InChI=1S/C19H29N3O4/c1-5-21(6-2)18(23)12-15-19(24)20-9-10-22(15)13-14-7-8-16(25-3)17(11-14)26-4/h7-8,11,15H,5-6,9-10,12-13H2,1-4H3,(H,20,24)/t15-/m1/s1. The number of methoxy groups -OCH3 is 2. The topological polar surface area (TPSA) is 71.1 Å². The summed E-state index contributed by atoms with van der Waals surface area (Å²) in [6, 6.07) is 5.27. The third kappa shape index (κ3) is 4.66. The molecular weight excluding hydrogens is 334 g/mol. The Bertz CT molecular complexity index is 631. The highest BCUT2D eigenvalue weighted by Crippen LogP contribution is 2.28. The van der Waals surface area contributed by atoms with E-state index in [0.717, 1.165) is 5.56 Å². The minimum Gasteiger partial charge on any atom is -0.493 e. The summed E-state index contributed by atoms with van der Waals surface area (Å²) in [6.07, 6.45) is 0.195. The molecule has 7 heteroatoms. The van der Waals surface area contributed by atoms with Gasteiger partial charge in [0.25, 0.3) is 0 Å². The zero-order valence-corrected chi connectivity index (χ0v) is 16.1. The van der Waals surface area contributed by atoms with E-state index >= 15 is 0 Å². The van der Waals surface area contributed by atoms with Crippen molar-refractivity contribution in [1.29, 1.82) is 0 Å². The molecule has 0 bridgehead atoms. The van der Waals surface area contributed by atoms with Crippen LogP contribution in [0.4, 0.5) is 0 Å². The lowest BCUT2D eigenvalue weighted by molar-refractivity contribution is -0.138. The Kier molecular flexibility index (Phi) is 7.26. The molecule has 1 aliphatic heterocycles. The Labute approximate surface area is 155 Å². The van der Waals surface area contributed by atoms with Crippen molar-refractivity contribution in [1.82, 2.24) is 15.1 Å². The minimum absolute atomic E-state index is 0.00867. The molecular formula is C19H29N3O4. The van der Waals surface area contributed by atoms with Crippen molar-refractivity contribution < 1.29 is 19.1 Å².